The smallest absolute Gasteiger partial charge is 0.342 e. The standard InChI is InChI=1S/C48H82N2O4.C36H74N2.C6H6O3/c1-7-9-11-13-20-26-32-44-42(30-24-19-15-17-22-28-36-50-47(53)39(5)40(6)48(50)54)34-33-41(43(44)31-25-12-10-8-2)29-23-18-14-16-21-27-35-49-45(51)37(3)38(4)46(49)52;1-3-5-7-9-16-22-28-36-34(26-20-15-11-13-18-24-32-38)30-29-33(35(36)27-21-8-6-4-2)25-19-14-10-12-17-23-31-37;1-3-4(2)6(8)9-5(3)7/h41-44H,7-36H2,1-6H3;33-36H,3-32,37-38H2,1-2H3;1-2H3. The molecule has 4 N–H and O–H groups in total. The summed E-state index contributed by atoms with van der Waals surface area (Å²) in [6, 6.07) is 0. The fourth-order valence-electron chi connectivity index (χ4n) is 18.1. The summed E-state index contributed by atoms with van der Waals surface area (Å²) >= 11 is 0. The maximum atomic E-state index is 12.4. The van der Waals surface area contributed by atoms with Gasteiger partial charge >= 0.3 is 11.9 Å². The topological polar surface area (TPSA) is 170 Å². The highest BCUT2D eigenvalue weighted by Gasteiger charge is 2.40. The average Bonchev–Trinajstić information content (AvgIpc) is 1.41. The molecule has 0 saturated heterocycles. The third kappa shape index (κ3) is 36.1. The number of unbranched alkanes of at least 4 members (excludes halogenated alkanes) is 36. The van der Waals surface area contributed by atoms with Gasteiger partial charge in [0.05, 0.1) is 0 Å². The predicted molar refractivity (Wildman–Crippen MR) is 427 cm³/mol. The van der Waals surface area contributed by atoms with Crippen molar-refractivity contribution in [2.75, 3.05) is 26.2 Å². The maximum Gasteiger partial charge on any atom is 0.342 e. The molecule has 2 saturated carbocycles. The van der Waals surface area contributed by atoms with E-state index in [1.807, 2.05) is 0 Å². The van der Waals surface area contributed by atoms with Crippen LogP contribution in [0.4, 0.5) is 0 Å². The molecule has 2 aliphatic carbocycles. The minimum absolute atomic E-state index is 0.0886. The molecule has 8 atom stereocenters. The first kappa shape index (κ1) is 91.8. The molecule has 5 aliphatic rings. The summed E-state index contributed by atoms with van der Waals surface area (Å²) in [4.78, 5) is 73.4. The lowest BCUT2D eigenvalue weighted by atomic mass is 9.61. The molecule has 584 valence electrons. The highest BCUT2D eigenvalue weighted by Crippen LogP contribution is 2.50. The van der Waals surface area contributed by atoms with Crippen molar-refractivity contribution in [2.45, 2.75) is 429 Å². The maximum absolute atomic E-state index is 12.4. The van der Waals surface area contributed by atoms with Crippen LogP contribution in [-0.2, 0) is 33.5 Å². The third-order valence-corrected chi connectivity index (χ3v) is 25.1. The first-order valence-corrected chi connectivity index (χ1v) is 44.0. The number of rotatable bonds is 58. The summed E-state index contributed by atoms with van der Waals surface area (Å²) in [7, 11) is 0. The predicted octanol–water partition coefficient (Wildman–Crippen LogP) is 24.6. The second-order valence-electron chi connectivity index (χ2n) is 32.8. The molecular formula is C90H162N4O7. The molecule has 0 aromatic carbocycles. The fourth-order valence-corrected chi connectivity index (χ4v) is 18.1. The minimum atomic E-state index is -0.516. The molecule has 0 radical (unpaired) electrons. The van der Waals surface area contributed by atoms with Gasteiger partial charge in [-0.2, -0.15) is 0 Å². The molecule has 101 heavy (non-hydrogen) atoms. The van der Waals surface area contributed by atoms with E-state index in [4.69, 9.17) is 11.5 Å². The number of hydrogen-bond donors (Lipinski definition) is 2. The van der Waals surface area contributed by atoms with Crippen molar-refractivity contribution in [3.63, 3.8) is 0 Å². The van der Waals surface area contributed by atoms with E-state index in [-0.39, 0.29) is 23.6 Å². The van der Waals surface area contributed by atoms with Crippen LogP contribution >= 0.6 is 0 Å². The number of carbonyl (C=O) groups excluding carboxylic acids is 6. The number of hydrogen-bond acceptors (Lipinski definition) is 9. The van der Waals surface area contributed by atoms with Crippen LogP contribution < -0.4 is 11.5 Å². The second-order valence-corrected chi connectivity index (χ2v) is 32.8. The molecule has 3 aliphatic heterocycles. The second kappa shape index (κ2) is 57.8. The van der Waals surface area contributed by atoms with Crippen LogP contribution in [0.3, 0.4) is 0 Å². The lowest BCUT2D eigenvalue weighted by Gasteiger charge is -2.44. The molecule has 0 bridgehead atoms. The van der Waals surface area contributed by atoms with Gasteiger partial charge in [-0.1, -0.05) is 310 Å². The number of cyclic esters (lactones) is 2. The van der Waals surface area contributed by atoms with Crippen molar-refractivity contribution in [3.05, 3.63) is 33.4 Å². The Morgan fingerprint density at radius 3 is 0.653 bits per heavy atom. The molecule has 11 heteroatoms. The lowest BCUT2D eigenvalue weighted by molar-refractivity contribution is -0.151. The van der Waals surface area contributed by atoms with Gasteiger partial charge in [-0.25, -0.2) is 9.59 Å². The molecule has 2 fully saturated rings. The fraction of sp³-hybridized carbons (Fsp3) is 0.867. The number of imide groups is 2. The van der Waals surface area contributed by atoms with E-state index in [9.17, 15) is 28.8 Å². The summed E-state index contributed by atoms with van der Waals surface area (Å²) in [6.45, 7) is 22.5. The van der Waals surface area contributed by atoms with Crippen molar-refractivity contribution >= 4 is 35.6 Å². The molecule has 0 aromatic rings. The summed E-state index contributed by atoms with van der Waals surface area (Å²) in [5.41, 5.74) is 14.7. The number of carbonyl (C=O) groups is 6. The average molecular weight is 1410 g/mol. The van der Waals surface area contributed by atoms with Gasteiger partial charge in [0.1, 0.15) is 0 Å². The molecule has 3 heterocycles. The van der Waals surface area contributed by atoms with Crippen molar-refractivity contribution in [3.8, 4) is 0 Å². The summed E-state index contributed by atoms with van der Waals surface area (Å²) in [6.07, 6.45) is 77.1. The van der Waals surface area contributed by atoms with E-state index in [1.54, 1.807) is 60.8 Å². The van der Waals surface area contributed by atoms with Crippen molar-refractivity contribution in [1.29, 1.82) is 0 Å². The molecule has 4 amide bonds. The van der Waals surface area contributed by atoms with Crippen LogP contribution in [0, 0.1) is 47.3 Å². The Labute approximate surface area is 622 Å². The van der Waals surface area contributed by atoms with Gasteiger partial charge < -0.3 is 16.2 Å². The van der Waals surface area contributed by atoms with Gasteiger partial charge in [0.25, 0.3) is 23.6 Å². The SMILES string of the molecule is CC1=C(C)C(=O)OC1=O.CCCCCCCCC1C(CCCCCCCCN)CCC(CCCCCCCCN)C1CCCCCC.CCCCCCCCC1C(CCCCCCCCN2C(=O)C(C)=C(C)C2=O)CCC(CCCCCCCCN2C(=O)C(C)=C(C)C2=O)C1CCCCCC. The van der Waals surface area contributed by atoms with E-state index >= 15 is 0 Å². The van der Waals surface area contributed by atoms with Gasteiger partial charge in [-0.05, 0) is 179 Å². The zero-order valence-corrected chi connectivity index (χ0v) is 68.0. The third-order valence-electron chi connectivity index (χ3n) is 25.1. The number of esters is 2. The Balaban J connectivity index is 0.000000487. The normalized spacial score (nSPS) is 21.8. The van der Waals surface area contributed by atoms with E-state index in [0.29, 0.717) is 46.5 Å². The molecular weight excluding hydrogens is 1250 g/mol. The Hall–Kier alpha value is -3.44. The van der Waals surface area contributed by atoms with Crippen LogP contribution in [0.1, 0.15) is 429 Å². The molecule has 0 aromatic heterocycles. The van der Waals surface area contributed by atoms with E-state index in [2.05, 4.69) is 32.4 Å². The highest BCUT2D eigenvalue weighted by atomic mass is 16.6. The summed E-state index contributed by atoms with van der Waals surface area (Å²) < 4.78 is 4.23. The highest BCUT2D eigenvalue weighted by molar-refractivity contribution is 6.19. The van der Waals surface area contributed by atoms with Crippen LogP contribution in [0.15, 0.2) is 33.4 Å². The number of ether oxygens (including phenoxy) is 1. The van der Waals surface area contributed by atoms with E-state index < -0.39 is 11.9 Å². The van der Waals surface area contributed by atoms with Crippen LogP contribution in [0.2, 0.25) is 0 Å². The Morgan fingerprint density at radius 2 is 0.446 bits per heavy atom. The van der Waals surface area contributed by atoms with Crippen LogP contribution in [0.25, 0.3) is 0 Å². The van der Waals surface area contributed by atoms with Crippen molar-refractivity contribution < 1.29 is 33.5 Å². The lowest BCUT2D eigenvalue weighted by Crippen LogP contribution is -2.35. The number of amides is 4. The quantitative estimate of drug-likeness (QED) is 0.0260. The van der Waals surface area contributed by atoms with E-state index in [1.165, 1.54) is 324 Å². The van der Waals surface area contributed by atoms with Gasteiger partial charge in [0.15, 0.2) is 0 Å². The van der Waals surface area contributed by atoms with Gasteiger partial charge in [0.2, 0.25) is 0 Å². The van der Waals surface area contributed by atoms with Crippen LogP contribution in [0.5, 0.6) is 0 Å². The monoisotopic (exact) mass is 1410 g/mol. The summed E-state index contributed by atoms with van der Waals surface area (Å²) in [5, 5.41) is 0. The molecule has 11 nitrogen and oxygen atoms in total. The van der Waals surface area contributed by atoms with Crippen molar-refractivity contribution in [1.82, 2.24) is 9.80 Å². The Morgan fingerprint density at radius 1 is 0.257 bits per heavy atom. The first-order chi connectivity index (χ1) is 49.0. The van der Waals surface area contributed by atoms with Gasteiger partial charge in [-0.15, -0.1) is 0 Å². The number of nitrogens with zero attached hydrogens (tertiary/aromatic N) is 2. The Bertz CT molecular complexity index is 2290. The number of nitrogens with two attached hydrogens (primary N) is 2. The largest absolute Gasteiger partial charge is 0.386 e. The van der Waals surface area contributed by atoms with E-state index in [0.717, 1.165) is 86.1 Å². The summed E-state index contributed by atoms with van der Waals surface area (Å²) in [5.74, 6) is 6.34. The molecule has 8 unspecified atom stereocenters. The first-order valence-electron chi connectivity index (χ1n) is 44.0. The van der Waals surface area contributed by atoms with Gasteiger partial charge in [0, 0.05) is 46.5 Å². The molecule has 5 rings (SSSR count). The van der Waals surface area contributed by atoms with Crippen molar-refractivity contribution in [2.24, 2.45) is 58.8 Å². The Kier molecular flexibility index (Phi) is 52.5. The van der Waals surface area contributed by atoms with Crippen LogP contribution in [-0.4, -0.2) is 71.5 Å². The minimum Gasteiger partial charge on any atom is -0.386 e. The zero-order chi connectivity index (χ0) is 73.8. The van der Waals surface area contributed by atoms with Gasteiger partial charge in [-0.3, -0.25) is 29.0 Å². The zero-order valence-electron chi connectivity index (χ0n) is 68.0. The molecule has 0 spiro atoms.